The van der Waals surface area contributed by atoms with Crippen LogP contribution in [0.5, 0.6) is 0 Å². The molecule has 2 aromatic carbocycles. The van der Waals surface area contributed by atoms with E-state index in [0.29, 0.717) is 6.04 Å². The maximum Gasteiger partial charge on any atom is 0.123 e. The second kappa shape index (κ2) is 8.63. The molecule has 0 aliphatic carbocycles. The molecule has 0 saturated carbocycles. The van der Waals surface area contributed by atoms with Gasteiger partial charge in [-0.05, 0) is 30.5 Å². The van der Waals surface area contributed by atoms with E-state index in [-0.39, 0.29) is 0 Å². The van der Waals surface area contributed by atoms with E-state index in [1.165, 1.54) is 24.0 Å². The quantitative estimate of drug-likeness (QED) is 0.528. The summed E-state index contributed by atoms with van der Waals surface area (Å²) in [7, 11) is 0. The Morgan fingerprint density at radius 3 is 2.28 bits per heavy atom. The van der Waals surface area contributed by atoms with Crippen LogP contribution in [0.1, 0.15) is 45.0 Å². The molecular weight excluding hydrogens is 306 g/mol. The highest BCUT2D eigenvalue weighted by molar-refractivity contribution is 5.68. The lowest BCUT2D eigenvalue weighted by Crippen LogP contribution is -2.22. The number of unbranched alkanes of at least 4 members (excludes halogenated alkanes) is 1. The highest BCUT2D eigenvalue weighted by Crippen LogP contribution is 2.25. The number of rotatable bonds is 8. The zero-order valence-electron chi connectivity index (χ0n) is 15.1. The molecule has 3 aromatic rings. The molecule has 0 amide bonds. The summed E-state index contributed by atoms with van der Waals surface area (Å²) < 4.78 is 0. The number of nitrogens with zero attached hydrogens (tertiary/aromatic N) is 1. The minimum Gasteiger partial charge on any atom is -0.347 e. The molecule has 2 N–H and O–H groups in total. The molecule has 0 fully saturated rings. The fraction of sp³-hybridized carbons (Fsp3) is 0.318. The first-order chi connectivity index (χ1) is 12.3. The molecule has 1 heterocycles. The van der Waals surface area contributed by atoms with E-state index in [4.69, 9.17) is 4.98 Å². The summed E-state index contributed by atoms with van der Waals surface area (Å²) in [4.78, 5) is 8.17. The molecule has 3 rings (SSSR count). The zero-order chi connectivity index (χ0) is 17.5. The van der Waals surface area contributed by atoms with Crippen molar-refractivity contribution in [2.75, 3.05) is 6.54 Å². The van der Waals surface area contributed by atoms with Gasteiger partial charge in [-0.15, -0.1) is 0 Å². The van der Waals surface area contributed by atoms with Crippen molar-refractivity contribution in [2.24, 2.45) is 0 Å². The van der Waals surface area contributed by atoms with Crippen LogP contribution in [-0.4, -0.2) is 16.5 Å². The third kappa shape index (κ3) is 4.37. The molecule has 3 nitrogen and oxygen atoms in total. The Morgan fingerprint density at radius 2 is 1.60 bits per heavy atom. The summed E-state index contributed by atoms with van der Waals surface area (Å²) in [5.41, 5.74) is 4.62. The van der Waals surface area contributed by atoms with Gasteiger partial charge < -0.3 is 10.3 Å². The minimum atomic E-state index is 0.295. The first-order valence-electron chi connectivity index (χ1n) is 9.26. The van der Waals surface area contributed by atoms with Gasteiger partial charge in [-0.3, -0.25) is 0 Å². The predicted octanol–water partition coefficient (Wildman–Crippen LogP) is 5.58. The molecule has 1 aromatic heterocycles. The largest absolute Gasteiger partial charge is 0.347 e. The van der Waals surface area contributed by atoms with Crippen molar-refractivity contribution in [1.82, 2.24) is 15.3 Å². The van der Waals surface area contributed by atoms with Gasteiger partial charge in [0.25, 0.3) is 0 Å². The summed E-state index contributed by atoms with van der Waals surface area (Å²) >= 11 is 0. The Hall–Kier alpha value is -2.39. The van der Waals surface area contributed by atoms with Gasteiger partial charge in [0.2, 0.25) is 0 Å². The molecule has 130 valence electrons. The summed E-state index contributed by atoms with van der Waals surface area (Å²) in [5, 5.41) is 3.59. The summed E-state index contributed by atoms with van der Waals surface area (Å²) in [6.45, 7) is 5.45. The third-order valence-electron chi connectivity index (χ3n) is 4.54. The number of imidazole rings is 1. The highest BCUT2D eigenvalue weighted by Gasteiger charge is 2.13. The number of aromatic nitrogens is 2. The van der Waals surface area contributed by atoms with E-state index in [1.54, 1.807) is 0 Å². The van der Waals surface area contributed by atoms with E-state index in [9.17, 15) is 0 Å². The smallest absolute Gasteiger partial charge is 0.123 e. The number of benzene rings is 2. The van der Waals surface area contributed by atoms with E-state index >= 15 is 0 Å². The first-order valence-corrected chi connectivity index (χ1v) is 9.26. The van der Waals surface area contributed by atoms with Crippen LogP contribution in [-0.2, 0) is 0 Å². The minimum absolute atomic E-state index is 0.295. The molecule has 0 aliphatic heterocycles. The number of hydrogen-bond donors (Lipinski definition) is 2. The van der Waals surface area contributed by atoms with Crippen LogP contribution < -0.4 is 5.32 Å². The van der Waals surface area contributed by atoms with E-state index in [0.717, 1.165) is 30.0 Å². The zero-order valence-corrected chi connectivity index (χ0v) is 15.1. The average Bonchev–Trinajstić information content (AvgIpc) is 3.16. The van der Waals surface area contributed by atoms with Crippen LogP contribution in [0.25, 0.3) is 22.4 Å². The first kappa shape index (κ1) is 17.4. The standard InChI is InChI=1S/C22H27N3/c1-3-5-15-23-20(4-2)22-24-16-21(25-22)19-13-11-18(12-14-19)17-9-7-6-8-10-17/h6-14,16,20,23H,3-5,15H2,1-2H3,(H,24,25)/t20-/m0/s1. The van der Waals surface area contributed by atoms with Crippen molar-refractivity contribution >= 4 is 0 Å². The SMILES string of the molecule is CCCCN[C@@H](CC)c1nc(-c2ccc(-c3ccccc3)cc2)c[nH]1. The summed E-state index contributed by atoms with van der Waals surface area (Å²) in [5.74, 6) is 1.03. The van der Waals surface area contributed by atoms with Crippen molar-refractivity contribution in [3.63, 3.8) is 0 Å². The molecule has 0 saturated heterocycles. The Labute approximate surface area is 150 Å². The van der Waals surface area contributed by atoms with Crippen molar-refractivity contribution in [3.05, 3.63) is 66.6 Å². The van der Waals surface area contributed by atoms with Crippen LogP contribution >= 0.6 is 0 Å². The van der Waals surface area contributed by atoms with Crippen molar-refractivity contribution in [1.29, 1.82) is 0 Å². The van der Waals surface area contributed by atoms with Gasteiger partial charge >= 0.3 is 0 Å². The van der Waals surface area contributed by atoms with Crippen molar-refractivity contribution < 1.29 is 0 Å². The van der Waals surface area contributed by atoms with Crippen molar-refractivity contribution in [2.45, 2.75) is 39.2 Å². The van der Waals surface area contributed by atoms with Crippen LogP contribution in [0.4, 0.5) is 0 Å². The van der Waals surface area contributed by atoms with Gasteiger partial charge in [0, 0.05) is 11.8 Å². The summed E-state index contributed by atoms with van der Waals surface area (Å²) in [6.07, 6.45) is 5.45. The maximum atomic E-state index is 4.81. The average molecular weight is 333 g/mol. The number of hydrogen-bond acceptors (Lipinski definition) is 2. The van der Waals surface area contributed by atoms with Gasteiger partial charge in [0.05, 0.1) is 11.7 Å². The Kier molecular flexibility index (Phi) is 6.02. The van der Waals surface area contributed by atoms with E-state index in [1.807, 2.05) is 12.3 Å². The Balaban J connectivity index is 1.73. The molecule has 25 heavy (non-hydrogen) atoms. The molecule has 0 unspecified atom stereocenters. The molecule has 0 spiro atoms. The highest BCUT2D eigenvalue weighted by atomic mass is 15.0. The predicted molar refractivity (Wildman–Crippen MR) is 105 cm³/mol. The maximum absolute atomic E-state index is 4.81. The van der Waals surface area contributed by atoms with Crippen LogP contribution in [0.2, 0.25) is 0 Å². The lowest BCUT2D eigenvalue weighted by atomic mass is 10.0. The molecule has 1 atom stereocenters. The van der Waals surface area contributed by atoms with Gasteiger partial charge in [-0.1, -0.05) is 74.9 Å². The lowest BCUT2D eigenvalue weighted by Gasteiger charge is -2.14. The second-order valence-corrected chi connectivity index (χ2v) is 6.38. The normalized spacial score (nSPS) is 12.2. The van der Waals surface area contributed by atoms with Gasteiger partial charge in [-0.25, -0.2) is 4.98 Å². The third-order valence-corrected chi connectivity index (χ3v) is 4.54. The molecule has 0 bridgehead atoms. The van der Waals surface area contributed by atoms with Crippen LogP contribution in [0.3, 0.4) is 0 Å². The van der Waals surface area contributed by atoms with Crippen molar-refractivity contribution in [3.8, 4) is 22.4 Å². The molecule has 0 radical (unpaired) electrons. The number of nitrogens with one attached hydrogen (secondary N) is 2. The molecule has 3 heteroatoms. The molecular formula is C22H27N3. The number of H-pyrrole nitrogens is 1. The number of aromatic amines is 1. The fourth-order valence-corrected chi connectivity index (χ4v) is 3.01. The summed E-state index contributed by atoms with van der Waals surface area (Å²) in [6, 6.07) is 19.4. The van der Waals surface area contributed by atoms with Gasteiger partial charge in [0.15, 0.2) is 0 Å². The van der Waals surface area contributed by atoms with E-state index < -0.39 is 0 Å². The monoisotopic (exact) mass is 333 g/mol. The van der Waals surface area contributed by atoms with Crippen LogP contribution in [0.15, 0.2) is 60.8 Å². The molecule has 0 aliphatic rings. The fourth-order valence-electron chi connectivity index (χ4n) is 3.01. The topological polar surface area (TPSA) is 40.7 Å². The lowest BCUT2D eigenvalue weighted by molar-refractivity contribution is 0.489. The second-order valence-electron chi connectivity index (χ2n) is 6.38. The van der Waals surface area contributed by atoms with E-state index in [2.05, 4.69) is 72.7 Å². The van der Waals surface area contributed by atoms with Gasteiger partial charge in [-0.2, -0.15) is 0 Å². The Bertz CT molecular complexity index is 759. The Morgan fingerprint density at radius 1 is 0.920 bits per heavy atom. The van der Waals surface area contributed by atoms with Gasteiger partial charge in [0.1, 0.15) is 5.82 Å². The van der Waals surface area contributed by atoms with Crippen LogP contribution in [0, 0.1) is 0 Å².